The highest BCUT2D eigenvalue weighted by molar-refractivity contribution is 6.08. The van der Waals surface area contributed by atoms with E-state index in [0.29, 0.717) is 17.9 Å². The first kappa shape index (κ1) is 13.9. The number of aromatic nitrogens is 1. The maximum absolute atomic E-state index is 12.6. The third-order valence-corrected chi connectivity index (χ3v) is 4.56. The molecule has 0 saturated heterocycles. The molecule has 0 spiro atoms. The molecule has 1 heterocycles. The number of hydrogen-bond acceptors (Lipinski definition) is 2. The lowest BCUT2D eigenvalue weighted by Gasteiger charge is -2.12. The predicted molar refractivity (Wildman–Crippen MR) is 83.2 cm³/mol. The van der Waals surface area contributed by atoms with Gasteiger partial charge in [-0.25, -0.2) is 0 Å². The van der Waals surface area contributed by atoms with Crippen molar-refractivity contribution in [3.8, 4) is 6.07 Å². The molecule has 3 nitrogen and oxygen atoms in total. The highest BCUT2D eigenvalue weighted by Gasteiger charge is 2.19. The number of rotatable bonds is 3. The molecule has 1 aromatic heterocycles. The van der Waals surface area contributed by atoms with Gasteiger partial charge in [-0.3, -0.25) is 4.79 Å². The maximum atomic E-state index is 12.6. The van der Waals surface area contributed by atoms with Gasteiger partial charge in [0.15, 0.2) is 5.78 Å². The minimum atomic E-state index is 0.211. The lowest BCUT2D eigenvalue weighted by atomic mass is 9.92. The predicted octanol–water partition coefficient (Wildman–Crippen LogP) is 4.58. The molecule has 1 aliphatic rings. The first-order valence-corrected chi connectivity index (χ1v) is 7.82. The molecule has 0 amide bonds. The first-order valence-electron chi connectivity index (χ1n) is 7.82. The van der Waals surface area contributed by atoms with Crippen LogP contribution in [0.4, 0.5) is 0 Å². The van der Waals surface area contributed by atoms with Gasteiger partial charge in [0.1, 0.15) is 0 Å². The Morgan fingerprint density at radius 2 is 2.00 bits per heavy atom. The zero-order valence-electron chi connectivity index (χ0n) is 12.2. The van der Waals surface area contributed by atoms with Gasteiger partial charge < -0.3 is 4.98 Å². The number of benzene rings is 1. The summed E-state index contributed by atoms with van der Waals surface area (Å²) in [7, 11) is 0. The van der Waals surface area contributed by atoms with E-state index in [1.807, 2.05) is 12.1 Å². The van der Waals surface area contributed by atoms with E-state index < -0.39 is 0 Å². The van der Waals surface area contributed by atoms with E-state index in [1.165, 1.54) is 38.5 Å². The summed E-state index contributed by atoms with van der Waals surface area (Å²) in [5.74, 6) is 0.743. The fourth-order valence-corrected chi connectivity index (χ4v) is 3.36. The molecule has 0 aliphatic heterocycles. The number of Topliss-reactive ketones (excluding diaryl/α,β-unsaturated/α-hetero) is 1. The molecular formula is C18H20N2O. The Morgan fingerprint density at radius 1 is 1.24 bits per heavy atom. The van der Waals surface area contributed by atoms with Crippen molar-refractivity contribution in [2.24, 2.45) is 5.92 Å². The topological polar surface area (TPSA) is 56.6 Å². The number of ketones is 1. The summed E-state index contributed by atoms with van der Waals surface area (Å²) in [4.78, 5) is 15.7. The molecular weight excluding hydrogens is 260 g/mol. The number of carbonyl (C=O) groups excluding carboxylic acids is 1. The Labute approximate surface area is 125 Å². The quantitative estimate of drug-likeness (QED) is 0.660. The second-order valence-corrected chi connectivity index (χ2v) is 6.06. The average molecular weight is 280 g/mol. The minimum Gasteiger partial charge on any atom is -0.360 e. The maximum Gasteiger partial charge on any atom is 0.165 e. The van der Waals surface area contributed by atoms with Gasteiger partial charge in [-0.05, 0) is 24.1 Å². The van der Waals surface area contributed by atoms with E-state index in [9.17, 15) is 4.79 Å². The molecule has 0 atom stereocenters. The molecule has 2 aromatic rings. The Hall–Kier alpha value is -2.08. The minimum absolute atomic E-state index is 0.211. The van der Waals surface area contributed by atoms with Gasteiger partial charge in [-0.1, -0.05) is 38.5 Å². The highest BCUT2D eigenvalue weighted by atomic mass is 16.1. The second kappa shape index (κ2) is 6.13. The van der Waals surface area contributed by atoms with Gasteiger partial charge >= 0.3 is 0 Å². The molecule has 1 aliphatic carbocycles. The average Bonchev–Trinajstić information content (AvgIpc) is 2.76. The number of hydrogen-bond donors (Lipinski definition) is 1. The van der Waals surface area contributed by atoms with Gasteiger partial charge in [0.25, 0.3) is 0 Å². The summed E-state index contributed by atoms with van der Waals surface area (Å²) in [6, 6.07) is 7.60. The van der Waals surface area contributed by atoms with Crippen LogP contribution in [0, 0.1) is 17.2 Å². The van der Waals surface area contributed by atoms with Crippen molar-refractivity contribution in [2.75, 3.05) is 0 Å². The van der Waals surface area contributed by atoms with E-state index in [4.69, 9.17) is 5.26 Å². The smallest absolute Gasteiger partial charge is 0.165 e. The van der Waals surface area contributed by atoms with Crippen LogP contribution in [0.5, 0.6) is 0 Å². The summed E-state index contributed by atoms with van der Waals surface area (Å²) in [5.41, 5.74) is 2.27. The molecule has 3 heteroatoms. The normalized spacial score (nSPS) is 16.5. The van der Waals surface area contributed by atoms with Crippen molar-refractivity contribution in [2.45, 2.75) is 44.9 Å². The van der Waals surface area contributed by atoms with Crippen molar-refractivity contribution in [1.82, 2.24) is 4.98 Å². The largest absolute Gasteiger partial charge is 0.360 e. The fraction of sp³-hybridized carbons (Fsp3) is 0.444. The molecule has 1 N–H and O–H groups in total. The number of nitrogens with zero attached hydrogens (tertiary/aromatic N) is 1. The van der Waals surface area contributed by atoms with Crippen molar-refractivity contribution < 1.29 is 4.79 Å². The van der Waals surface area contributed by atoms with Gasteiger partial charge in [0.2, 0.25) is 0 Å². The molecule has 0 bridgehead atoms. The summed E-state index contributed by atoms with van der Waals surface area (Å²) >= 11 is 0. The van der Waals surface area contributed by atoms with Gasteiger partial charge in [0, 0.05) is 29.1 Å². The summed E-state index contributed by atoms with van der Waals surface area (Å²) in [5, 5.41) is 9.89. The standard InChI is InChI=1S/C18H20N2O/c19-11-14-7-8-17-15(9-14)16(12-20-17)18(21)10-13-5-3-1-2-4-6-13/h7-9,12-13,20H,1-6,10H2. The van der Waals surface area contributed by atoms with Crippen LogP contribution in [0.15, 0.2) is 24.4 Å². The second-order valence-electron chi connectivity index (χ2n) is 6.06. The Kier molecular flexibility index (Phi) is 4.06. The Morgan fingerprint density at radius 3 is 2.71 bits per heavy atom. The Balaban J connectivity index is 1.82. The van der Waals surface area contributed by atoms with E-state index in [0.717, 1.165) is 16.5 Å². The SMILES string of the molecule is N#Cc1ccc2[nH]cc(C(=O)CC3CCCCCC3)c2c1. The van der Waals surface area contributed by atoms with Crippen LogP contribution in [0.1, 0.15) is 60.9 Å². The molecule has 0 radical (unpaired) electrons. The van der Waals surface area contributed by atoms with Gasteiger partial charge in [-0.2, -0.15) is 5.26 Å². The summed E-state index contributed by atoms with van der Waals surface area (Å²) in [6.45, 7) is 0. The molecule has 3 rings (SSSR count). The van der Waals surface area contributed by atoms with Gasteiger partial charge in [-0.15, -0.1) is 0 Å². The lowest BCUT2D eigenvalue weighted by molar-refractivity contribution is 0.0958. The molecule has 1 aromatic carbocycles. The number of nitriles is 1. The third kappa shape index (κ3) is 3.00. The van der Waals surface area contributed by atoms with Crippen LogP contribution in [0.3, 0.4) is 0 Å². The van der Waals surface area contributed by atoms with E-state index in [1.54, 1.807) is 12.3 Å². The van der Waals surface area contributed by atoms with Crippen LogP contribution >= 0.6 is 0 Å². The first-order chi connectivity index (χ1) is 10.3. The van der Waals surface area contributed by atoms with Crippen LogP contribution in [0.25, 0.3) is 10.9 Å². The van der Waals surface area contributed by atoms with E-state index >= 15 is 0 Å². The van der Waals surface area contributed by atoms with Crippen molar-refractivity contribution in [3.63, 3.8) is 0 Å². The fourth-order valence-electron chi connectivity index (χ4n) is 3.36. The molecule has 0 unspecified atom stereocenters. The van der Waals surface area contributed by atoms with Gasteiger partial charge in [0.05, 0.1) is 11.6 Å². The monoisotopic (exact) mass is 280 g/mol. The van der Waals surface area contributed by atoms with E-state index in [-0.39, 0.29) is 5.78 Å². The van der Waals surface area contributed by atoms with Crippen LogP contribution < -0.4 is 0 Å². The number of nitrogens with one attached hydrogen (secondary N) is 1. The highest BCUT2D eigenvalue weighted by Crippen LogP contribution is 2.28. The van der Waals surface area contributed by atoms with Crippen LogP contribution in [-0.4, -0.2) is 10.8 Å². The number of aromatic amines is 1. The molecule has 1 saturated carbocycles. The Bertz CT molecular complexity index is 685. The summed E-state index contributed by atoms with van der Waals surface area (Å²) in [6.07, 6.45) is 9.92. The van der Waals surface area contributed by atoms with Crippen molar-refractivity contribution >= 4 is 16.7 Å². The van der Waals surface area contributed by atoms with Crippen LogP contribution in [-0.2, 0) is 0 Å². The third-order valence-electron chi connectivity index (χ3n) is 4.56. The summed E-state index contributed by atoms with van der Waals surface area (Å²) < 4.78 is 0. The molecule has 108 valence electrons. The van der Waals surface area contributed by atoms with Crippen molar-refractivity contribution in [3.05, 3.63) is 35.5 Å². The zero-order valence-corrected chi connectivity index (χ0v) is 12.2. The molecule has 1 fully saturated rings. The van der Waals surface area contributed by atoms with Crippen LogP contribution in [0.2, 0.25) is 0 Å². The zero-order chi connectivity index (χ0) is 14.7. The lowest BCUT2D eigenvalue weighted by Crippen LogP contribution is -2.08. The number of H-pyrrole nitrogens is 1. The van der Waals surface area contributed by atoms with E-state index in [2.05, 4.69) is 11.1 Å². The van der Waals surface area contributed by atoms with Crippen molar-refractivity contribution in [1.29, 1.82) is 5.26 Å². The molecule has 21 heavy (non-hydrogen) atoms. The number of fused-ring (bicyclic) bond motifs is 1. The number of carbonyl (C=O) groups is 1.